The van der Waals surface area contributed by atoms with Crippen LogP contribution in [0, 0.1) is 5.41 Å². The molecule has 0 bridgehead atoms. The smallest absolute Gasteiger partial charge is 0.316 e. The van der Waals surface area contributed by atoms with Crippen molar-refractivity contribution in [1.82, 2.24) is 0 Å². The van der Waals surface area contributed by atoms with Crippen molar-refractivity contribution in [3.8, 4) is 11.5 Å². The number of carbonyl (C=O) groups excluding carboxylic acids is 1. The van der Waals surface area contributed by atoms with E-state index in [-0.39, 0.29) is 18.4 Å². The van der Waals surface area contributed by atoms with E-state index >= 15 is 0 Å². The molecule has 1 aliphatic rings. The summed E-state index contributed by atoms with van der Waals surface area (Å²) in [6.45, 7) is 9.09. The molecule has 0 amide bonds. The summed E-state index contributed by atoms with van der Waals surface area (Å²) >= 11 is 0. The molecule has 2 rings (SSSR count). The van der Waals surface area contributed by atoms with Crippen molar-refractivity contribution in [2.45, 2.75) is 59.4 Å². The standard InChI is InChI=1S/C19H28O5/c1-5-19(3,4)18(20)24-16-8-6-15(7-9-16)22-14(2)23-17-10-12-21-13-11-17/h6-9,14,17H,5,10-13H2,1-4H3. The third-order valence-electron chi connectivity index (χ3n) is 4.33. The van der Waals surface area contributed by atoms with E-state index in [2.05, 4.69) is 0 Å². The van der Waals surface area contributed by atoms with Crippen molar-refractivity contribution < 1.29 is 23.7 Å². The first kappa shape index (κ1) is 18.7. The van der Waals surface area contributed by atoms with E-state index in [1.54, 1.807) is 24.3 Å². The average molecular weight is 336 g/mol. The van der Waals surface area contributed by atoms with Gasteiger partial charge in [0.15, 0.2) is 6.29 Å². The molecule has 0 radical (unpaired) electrons. The van der Waals surface area contributed by atoms with Crippen LogP contribution in [0.2, 0.25) is 0 Å². The van der Waals surface area contributed by atoms with Gasteiger partial charge in [-0.3, -0.25) is 4.79 Å². The summed E-state index contributed by atoms with van der Waals surface area (Å²) in [6, 6.07) is 7.04. The first-order valence-electron chi connectivity index (χ1n) is 8.63. The molecule has 1 aromatic carbocycles. The summed E-state index contributed by atoms with van der Waals surface area (Å²) in [4.78, 5) is 12.1. The van der Waals surface area contributed by atoms with E-state index in [9.17, 15) is 4.79 Å². The number of esters is 1. The Bertz CT molecular complexity index is 517. The third-order valence-corrected chi connectivity index (χ3v) is 4.33. The zero-order chi connectivity index (χ0) is 17.6. The first-order chi connectivity index (χ1) is 11.4. The third kappa shape index (κ3) is 5.49. The molecule has 1 saturated heterocycles. The van der Waals surface area contributed by atoms with Gasteiger partial charge in [0.05, 0.1) is 11.5 Å². The minimum Gasteiger partial charge on any atom is -0.465 e. The van der Waals surface area contributed by atoms with Crippen molar-refractivity contribution in [2.75, 3.05) is 13.2 Å². The van der Waals surface area contributed by atoms with Crippen LogP contribution in [-0.4, -0.2) is 31.6 Å². The molecule has 0 aromatic heterocycles. The Morgan fingerprint density at radius 3 is 2.38 bits per heavy atom. The molecule has 5 nitrogen and oxygen atoms in total. The molecule has 0 aliphatic carbocycles. The molecule has 1 fully saturated rings. The monoisotopic (exact) mass is 336 g/mol. The maximum atomic E-state index is 12.1. The SMILES string of the molecule is CCC(C)(C)C(=O)Oc1ccc(OC(C)OC2CCOCC2)cc1. The highest BCUT2D eigenvalue weighted by atomic mass is 16.7. The van der Waals surface area contributed by atoms with Crippen molar-refractivity contribution in [1.29, 1.82) is 0 Å². The van der Waals surface area contributed by atoms with Gasteiger partial charge in [0.2, 0.25) is 0 Å². The number of rotatable bonds is 7. The highest BCUT2D eigenvalue weighted by molar-refractivity contribution is 5.78. The van der Waals surface area contributed by atoms with Crippen LogP contribution >= 0.6 is 0 Å². The van der Waals surface area contributed by atoms with E-state index in [0.717, 1.165) is 32.5 Å². The predicted molar refractivity (Wildman–Crippen MR) is 91.2 cm³/mol. The second-order valence-electron chi connectivity index (χ2n) is 6.73. The molecule has 5 heteroatoms. The Morgan fingerprint density at radius 1 is 1.21 bits per heavy atom. The molecule has 0 N–H and O–H groups in total. The van der Waals surface area contributed by atoms with Gasteiger partial charge in [0.1, 0.15) is 11.5 Å². The summed E-state index contributed by atoms with van der Waals surface area (Å²) in [5, 5.41) is 0. The van der Waals surface area contributed by atoms with Crippen molar-refractivity contribution in [3.05, 3.63) is 24.3 Å². The van der Waals surface area contributed by atoms with E-state index < -0.39 is 5.41 Å². The first-order valence-corrected chi connectivity index (χ1v) is 8.63. The Kier molecular flexibility index (Phi) is 6.63. The van der Waals surface area contributed by atoms with E-state index in [0.29, 0.717) is 11.5 Å². The molecule has 1 aromatic rings. The second kappa shape index (κ2) is 8.49. The van der Waals surface area contributed by atoms with Crippen LogP contribution in [0.25, 0.3) is 0 Å². The number of carbonyl (C=O) groups is 1. The normalized spacial score (nSPS) is 17.3. The lowest BCUT2D eigenvalue weighted by molar-refractivity contribution is -0.144. The highest BCUT2D eigenvalue weighted by Crippen LogP contribution is 2.25. The van der Waals surface area contributed by atoms with Gasteiger partial charge in [0.25, 0.3) is 0 Å². The lowest BCUT2D eigenvalue weighted by Gasteiger charge is -2.26. The molecule has 1 atom stereocenters. The van der Waals surface area contributed by atoms with Gasteiger partial charge in [0, 0.05) is 13.2 Å². The summed E-state index contributed by atoms with van der Waals surface area (Å²) < 4.78 is 22.3. The lowest BCUT2D eigenvalue weighted by atomic mass is 9.91. The fourth-order valence-corrected chi connectivity index (χ4v) is 2.28. The Balaban J connectivity index is 1.84. The van der Waals surface area contributed by atoms with Crippen LogP contribution in [0.3, 0.4) is 0 Å². The Morgan fingerprint density at radius 2 is 1.79 bits per heavy atom. The topological polar surface area (TPSA) is 54.0 Å². The van der Waals surface area contributed by atoms with Gasteiger partial charge >= 0.3 is 5.97 Å². The molecule has 1 heterocycles. The fourth-order valence-electron chi connectivity index (χ4n) is 2.28. The number of ether oxygens (including phenoxy) is 4. The molecular formula is C19H28O5. The van der Waals surface area contributed by atoms with Crippen LogP contribution in [0.5, 0.6) is 11.5 Å². The van der Waals surface area contributed by atoms with Crippen LogP contribution < -0.4 is 9.47 Å². The molecule has 0 spiro atoms. The average Bonchev–Trinajstić information content (AvgIpc) is 2.57. The fraction of sp³-hybridized carbons (Fsp3) is 0.632. The summed E-state index contributed by atoms with van der Waals surface area (Å²) in [5.41, 5.74) is -0.485. The molecule has 1 aliphatic heterocycles. The van der Waals surface area contributed by atoms with Crippen molar-refractivity contribution >= 4 is 5.97 Å². The highest BCUT2D eigenvalue weighted by Gasteiger charge is 2.27. The molecule has 0 saturated carbocycles. The summed E-state index contributed by atoms with van der Waals surface area (Å²) in [6.07, 6.45) is 2.38. The maximum Gasteiger partial charge on any atom is 0.316 e. The zero-order valence-corrected chi connectivity index (χ0v) is 15.0. The number of hydrogen-bond donors (Lipinski definition) is 0. The Labute approximate surface area is 144 Å². The minimum atomic E-state index is -0.485. The predicted octanol–water partition coefficient (Wildman–Crippen LogP) is 3.95. The van der Waals surface area contributed by atoms with Gasteiger partial charge in [-0.1, -0.05) is 6.92 Å². The number of benzene rings is 1. The van der Waals surface area contributed by atoms with Crippen LogP contribution in [-0.2, 0) is 14.3 Å². The molecule has 24 heavy (non-hydrogen) atoms. The molecule has 134 valence electrons. The summed E-state index contributed by atoms with van der Waals surface area (Å²) in [7, 11) is 0. The van der Waals surface area contributed by atoms with Gasteiger partial charge < -0.3 is 18.9 Å². The van der Waals surface area contributed by atoms with Crippen molar-refractivity contribution in [3.63, 3.8) is 0 Å². The van der Waals surface area contributed by atoms with E-state index in [1.165, 1.54) is 0 Å². The van der Waals surface area contributed by atoms with Gasteiger partial charge in [-0.05, 0) is 64.3 Å². The summed E-state index contributed by atoms with van der Waals surface area (Å²) in [5.74, 6) is 0.978. The van der Waals surface area contributed by atoms with Crippen LogP contribution in [0.4, 0.5) is 0 Å². The largest absolute Gasteiger partial charge is 0.465 e. The Hall–Kier alpha value is -1.59. The molecule has 1 unspecified atom stereocenters. The lowest BCUT2D eigenvalue weighted by Crippen LogP contribution is -2.29. The minimum absolute atomic E-state index is 0.185. The van der Waals surface area contributed by atoms with Crippen LogP contribution in [0.1, 0.15) is 47.0 Å². The molecular weight excluding hydrogens is 308 g/mol. The second-order valence-corrected chi connectivity index (χ2v) is 6.73. The van der Waals surface area contributed by atoms with Gasteiger partial charge in [-0.15, -0.1) is 0 Å². The van der Waals surface area contributed by atoms with E-state index in [1.807, 2.05) is 27.7 Å². The van der Waals surface area contributed by atoms with Crippen molar-refractivity contribution in [2.24, 2.45) is 5.41 Å². The number of hydrogen-bond acceptors (Lipinski definition) is 5. The van der Waals surface area contributed by atoms with Gasteiger partial charge in [-0.2, -0.15) is 0 Å². The van der Waals surface area contributed by atoms with Crippen LogP contribution in [0.15, 0.2) is 24.3 Å². The quantitative estimate of drug-likeness (QED) is 0.429. The maximum absolute atomic E-state index is 12.1. The van der Waals surface area contributed by atoms with E-state index in [4.69, 9.17) is 18.9 Å². The zero-order valence-electron chi connectivity index (χ0n) is 15.0. The van der Waals surface area contributed by atoms with Gasteiger partial charge in [-0.25, -0.2) is 0 Å².